The van der Waals surface area contributed by atoms with Crippen molar-refractivity contribution in [2.24, 2.45) is 0 Å². The van der Waals surface area contributed by atoms with Crippen molar-refractivity contribution in [2.75, 3.05) is 12.0 Å². The third-order valence-corrected chi connectivity index (χ3v) is 4.03. The zero-order valence-corrected chi connectivity index (χ0v) is 12.4. The number of hydrogen-bond acceptors (Lipinski definition) is 5. The van der Waals surface area contributed by atoms with Crippen LogP contribution >= 0.6 is 0 Å². The van der Waals surface area contributed by atoms with Crippen molar-refractivity contribution in [3.63, 3.8) is 0 Å². The second-order valence-corrected chi connectivity index (χ2v) is 6.98. The first kappa shape index (κ1) is 14.4. The Kier molecular flexibility index (Phi) is 3.76. The van der Waals surface area contributed by atoms with Gasteiger partial charge in [0.2, 0.25) is 0 Å². The molecule has 0 spiro atoms. The second kappa shape index (κ2) is 5.20. The summed E-state index contributed by atoms with van der Waals surface area (Å²) in [7, 11) is -3.05. The van der Waals surface area contributed by atoms with E-state index in [-0.39, 0.29) is 12.3 Å². The van der Waals surface area contributed by atoms with Gasteiger partial charge in [-0.05, 0) is 13.8 Å². The lowest BCUT2D eigenvalue weighted by atomic mass is 10.1. The Hall–Kier alpha value is -1.96. The molecule has 0 bridgehead atoms. The lowest BCUT2D eigenvalue weighted by Gasteiger charge is -2.04. The standard InChI is InChI=1S/C12H16N4O3S/c1-8-11(12-10(7-17)6-13-14-12)9(2)16(15-8)4-5-20(3,18)19/h6-7H,4-5H2,1-3H3,(H,13,14). The van der Waals surface area contributed by atoms with Crippen molar-refractivity contribution in [1.29, 1.82) is 0 Å². The molecule has 0 atom stereocenters. The van der Waals surface area contributed by atoms with Gasteiger partial charge < -0.3 is 0 Å². The fourth-order valence-corrected chi connectivity index (χ4v) is 2.62. The number of nitrogens with one attached hydrogen (secondary N) is 1. The van der Waals surface area contributed by atoms with E-state index in [1.54, 1.807) is 4.68 Å². The highest BCUT2D eigenvalue weighted by atomic mass is 32.2. The molecule has 0 aromatic carbocycles. The molecular formula is C12H16N4O3S. The van der Waals surface area contributed by atoms with E-state index in [0.29, 0.717) is 11.3 Å². The Morgan fingerprint density at radius 2 is 2.10 bits per heavy atom. The summed E-state index contributed by atoms with van der Waals surface area (Å²) < 4.78 is 24.1. The Bertz CT molecular complexity index is 743. The first-order chi connectivity index (χ1) is 9.33. The molecule has 0 radical (unpaired) electrons. The van der Waals surface area contributed by atoms with Crippen molar-refractivity contribution < 1.29 is 13.2 Å². The van der Waals surface area contributed by atoms with Crippen molar-refractivity contribution in [2.45, 2.75) is 20.4 Å². The lowest BCUT2D eigenvalue weighted by Crippen LogP contribution is -2.13. The van der Waals surface area contributed by atoms with Crippen molar-refractivity contribution in [1.82, 2.24) is 20.0 Å². The van der Waals surface area contributed by atoms with Gasteiger partial charge in [0.05, 0.1) is 35.4 Å². The number of carbonyl (C=O) groups is 1. The van der Waals surface area contributed by atoms with E-state index >= 15 is 0 Å². The number of sulfone groups is 1. The van der Waals surface area contributed by atoms with Gasteiger partial charge in [0.25, 0.3) is 0 Å². The molecule has 108 valence electrons. The zero-order valence-electron chi connectivity index (χ0n) is 11.5. The summed E-state index contributed by atoms with van der Waals surface area (Å²) >= 11 is 0. The molecule has 0 aliphatic rings. The van der Waals surface area contributed by atoms with Gasteiger partial charge in [-0.1, -0.05) is 0 Å². The van der Waals surface area contributed by atoms with Crippen LogP contribution in [0.1, 0.15) is 21.7 Å². The molecule has 1 N–H and O–H groups in total. The van der Waals surface area contributed by atoms with E-state index in [9.17, 15) is 13.2 Å². The fourth-order valence-electron chi connectivity index (χ4n) is 2.11. The molecule has 0 amide bonds. The van der Waals surface area contributed by atoms with E-state index < -0.39 is 9.84 Å². The molecule has 0 saturated carbocycles. The van der Waals surface area contributed by atoms with E-state index in [0.717, 1.165) is 23.2 Å². The van der Waals surface area contributed by atoms with Crippen LogP contribution in [0, 0.1) is 13.8 Å². The summed E-state index contributed by atoms with van der Waals surface area (Å²) in [5, 5.41) is 11.0. The van der Waals surface area contributed by atoms with E-state index in [2.05, 4.69) is 15.3 Å². The van der Waals surface area contributed by atoms with Crippen LogP contribution in [0.2, 0.25) is 0 Å². The maximum atomic E-state index is 11.2. The number of H-pyrrole nitrogens is 1. The van der Waals surface area contributed by atoms with Gasteiger partial charge >= 0.3 is 0 Å². The highest BCUT2D eigenvalue weighted by molar-refractivity contribution is 7.90. The van der Waals surface area contributed by atoms with Crippen molar-refractivity contribution in [3.8, 4) is 11.3 Å². The maximum absolute atomic E-state index is 11.2. The normalized spacial score (nSPS) is 11.8. The van der Waals surface area contributed by atoms with Gasteiger partial charge in [-0.3, -0.25) is 14.6 Å². The first-order valence-electron chi connectivity index (χ1n) is 6.04. The van der Waals surface area contributed by atoms with Crippen LogP contribution < -0.4 is 0 Å². The zero-order chi connectivity index (χ0) is 14.9. The fraction of sp³-hybridized carbons (Fsp3) is 0.417. The van der Waals surface area contributed by atoms with Gasteiger partial charge in [0.15, 0.2) is 6.29 Å². The Balaban J connectivity index is 2.42. The molecule has 0 aliphatic carbocycles. The molecule has 2 rings (SSSR count). The summed E-state index contributed by atoms with van der Waals surface area (Å²) in [5.74, 6) is 0.0257. The average Bonchev–Trinajstić information content (AvgIpc) is 2.90. The molecular weight excluding hydrogens is 280 g/mol. The van der Waals surface area contributed by atoms with Crippen molar-refractivity contribution >= 4 is 16.1 Å². The molecule has 0 saturated heterocycles. The number of aromatic amines is 1. The van der Waals surface area contributed by atoms with Gasteiger partial charge in [-0.15, -0.1) is 0 Å². The number of hydrogen-bond donors (Lipinski definition) is 1. The molecule has 0 aliphatic heterocycles. The average molecular weight is 296 g/mol. The highest BCUT2D eigenvalue weighted by Crippen LogP contribution is 2.27. The number of aldehydes is 1. The van der Waals surface area contributed by atoms with Crippen LogP contribution in [0.25, 0.3) is 11.3 Å². The summed E-state index contributed by atoms with van der Waals surface area (Å²) in [6, 6.07) is 0. The smallest absolute Gasteiger partial charge is 0.153 e. The summed E-state index contributed by atoms with van der Waals surface area (Å²) in [6.07, 6.45) is 3.37. The minimum Gasteiger partial charge on any atom is -0.298 e. The van der Waals surface area contributed by atoms with Crippen LogP contribution in [0.3, 0.4) is 0 Å². The molecule has 2 aromatic rings. The number of carbonyl (C=O) groups excluding carboxylic acids is 1. The third kappa shape index (κ3) is 2.79. The quantitative estimate of drug-likeness (QED) is 0.821. The molecule has 0 fully saturated rings. The molecule has 20 heavy (non-hydrogen) atoms. The molecule has 0 unspecified atom stereocenters. The Labute approximate surface area is 116 Å². The van der Waals surface area contributed by atoms with Gasteiger partial charge in [-0.2, -0.15) is 10.2 Å². The number of aromatic nitrogens is 4. The second-order valence-electron chi connectivity index (χ2n) is 4.72. The monoisotopic (exact) mass is 296 g/mol. The minimum atomic E-state index is -3.05. The molecule has 2 aromatic heterocycles. The van der Waals surface area contributed by atoms with E-state index in [1.165, 1.54) is 12.5 Å². The first-order valence-corrected chi connectivity index (χ1v) is 8.10. The molecule has 7 nitrogen and oxygen atoms in total. The Morgan fingerprint density at radius 1 is 1.40 bits per heavy atom. The topological polar surface area (TPSA) is 97.7 Å². The molecule has 8 heteroatoms. The lowest BCUT2D eigenvalue weighted by molar-refractivity contribution is 0.112. The number of rotatable bonds is 5. The SMILES string of the molecule is Cc1nn(CCS(C)(=O)=O)c(C)c1-c1[nH]ncc1C=O. The van der Waals surface area contributed by atoms with Gasteiger partial charge in [0, 0.05) is 17.5 Å². The number of nitrogens with zero attached hydrogens (tertiary/aromatic N) is 3. The summed E-state index contributed by atoms with van der Waals surface area (Å²) in [4.78, 5) is 11.0. The molecule has 2 heterocycles. The van der Waals surface area contributed by atoms with Crippen LogP contribution in [0.4, 0.5) is 0 Å². The van der Waals surface area contributed by atoms with Crippen molar-refractivity contribution in [3.05, 3.63) is 23.1 Å². The minimum absolute atomic E-state index is 0.0257. The van der Waals surface area contributed by atoms with Crippen LogP contribution in [0.5, 0.6) is 0 Å². The van der Waals surface area contributed by atoms with Gasteiger partial charge in [-0.25, -0.2) is 8.42 Å². The van der Waals surface area contributed by atoms with Crippen LogP contribution in [-0.2, 0) is 16.4 Å². The summed E-state index contributed by atoms with van der Waals surface area (Å²) in [5.41, 5.74) is 3.39. The largest absolute Gasteiger partial charge is 0.298 e. The highest BCUT2D eigenvalue weighted by Gasteiger charge is 2.18. The predicted molar refractivity (Wildman–Crippen MR) is 74.4 cm³/mol. The number of aryl methyl sites for hydroxylation is 2. The predicted octanol–water partition coefficient (Wildman–Crippen LogP) is 0.747. The van der Waals surface area contributed by atoms with E-state index in [1.807, 2.05) is 13.8 Å². The van der Waals surface area contributed by atoms with E-state index in [4.69, 9.17) is 0 Å². The van der Waals surface area contributed by atoms with Gasteiger partial charge in [0.1, 0.15) is 9.84 Å². The van der Waals surface area contributed by atoms with Crippen LogP contribution in [-0.4, -0.2) is 46.7 Å². The Morgan fingerprint density at radius 3 is 2.70 bits per heavy atom. The maximum Gasteiger partial charge on any atom is 0.153 e. The van der Waals surface area contributed by atoms with Crippen LogP contribution in [0.15, 0.2) is 6.20 Å². The summed E-state index contributed by atoms with van der Waals surface area (Å²) in [6.45, 7) is 3.94. The third-order valence-electron chi connectivity index (χ3n) is 3.10.